The molecule has 0 aliphatic rings. The second-order valence-corrected chi connectivity index (χ2v) is 9.22. The monoisotopic (exact) mass is 463 g/mol. The van der Waals surface area contributed by atoms with E-state index in [1.165, 1.54) is 24.6 Å². The number of hydrogen-bond donors (Lipinski definition) is 0. The molecular formula is C23H23ClFNO4S. The molecule has 3 aromatic rings. The molecule has 8 heteroatoms. The third kappa shape index (κ3) is 4.62. The van der Waals surface area contributed by atoms with Crippen LogP contribution in [-0.4, -0.2) is 22.6 Å². The van der Waals surface area contributed by atoms with Gasteiger partial charge in [-0.1, -0.05) is 23.7 Å². The number of benzene rings is 3. The average Bonchev–Trinajstić information content (AvgIpc) is 2.75. The number of halogens is 2. The highest BCUT2D eigenvalue weighted by molar-refractivity contribution is 7.92. The van der Waals surface area contributed by atoms with Crippen molar-refractivity contribution in [2.24, 2.45) is 0 Å². The van der Waals surface area contributed by atoms with Crippen LogP contribution >= 0.6 is 11.6 Å². The van der Waals surface area contributed by atoms with Gasteiger partial charge in [0, 0.05) is 5.56 Å². The van der Waals surface area contributed by atoms with E-state index in [9.17, 15) is 12.8 Å². The van der Waals surface area contributed by atoms with E-state index in [4.69, 9.17) is 21.1 Å². The Labute approximate surface area is 187 Å². The van der Waals surface area contributed by atoms with Gasteiger partial charge in [-0.25, -0.2) is 12.8 Å². The Kier molecular flexibility index (Phi) is 6.77. The summed E-state index contributed by atoms with van der Waals surface area (Å²) in [6.07, 6.45) is 0. The fraction of sp³-hybridized carbons (Fsp3) is 0.217. The lowest BCUT2D eigenvalue weighted by atomic mass is 10.1. The molecule has 31 heavy (non-hydrogen) atoms. The fourth-order valence-corrected chi connectivity index (χ4v) is 5.28. The zero-order valence-electron chi connectivity index (χ0n) is 17.6. The van der Waals surface area contributed by atoms with Crippen LogP contribution in [0, 0.1) is 12.7 Å². The molecule has 0 saturated carbocycles. The third-order valence-corrected chi connectivity index (χ3v) is 7.13. The maximum atomic E-state index is 13.7. The molecule has 0 heterocycles. The van der Waals surface area contributed by atoms with E-state index in [-0.39, 0.29) is 9.92 Å². The van der Waals surface area contributed by atoms with Crippen LogP contribution in [0.25, 0.3) is 0 Å². The highest BCUT2D eigenvalue weighted by atomic mass is 35.5. The van der Waals surface area contributed by atoms with Crippen molar-refractivity contribution in [3.63, 3.8) is 0 Å². The number of anilines is 1. The Bertz CT molecular complexity index is 1200. The largest absolute Gasteiger partial charge is 0.497 e. The van der Waals surface area contributed by atoms with E-state index in [1.54, 1.807) is 43.3 Å². The minimum atomic E-state index is -4.12. The van der Waals surface area contributed by atoms with Crippen molar-refractivity contribution in [1.82, 2.24) is 0 Å². The zero-order chi connectivity index (χ0) is 22.8. The normalized spacial score (nSPS) is 12.3. The number of methoxy groups -OCH3 is 2. The molecule has 0 bridgehead atoms. The summed E-state index contributed by atoms with van der Waals surface area (Å²) in [5.41, 5.74) is 1.96. The number of sulfonamides is 1. The van der Waals surface area contributed by atoms with Crippen LogP contribution in [0.1, 0.15) is 24.1 Å². The van der Waals surface area contributed by atoms with Gasteiger partial charge in [0.15, 0.2) is 0 Å². The van der Waals surface area contributed by atoms with Crippen molar-refractivity contribution in [3.8, 4) is 11.5 Å². The molecule has 5 nitrogen and oxygen atoms in total. The van der Waals surface area contributed by atoms with Gasteiger partial charge >= 0.3 is 0 Å². The molecule has 0 N–H and O–H groups in total. The van der Waals surface area contributed by atoms with Gasteiger partial charge in [0.2, 0.25) is 0 Å². The van der Waals surface area contributed by atoms with E-state index in [2.05, 4.69) is 0 Å². The molecule has 0 fully saturated rings. The molecule has 0 aromatic heterocycles. The van der Waals surface area contributed by atoms with Gasteiger partial charge in [-0.05, 0) is 67.9 Å². The lowest BCUT2D eigenvalue weighted by molar-refractivity contribution is 0.396. The van der Waals surface area contributed by atoms with Crippen molar-refractivity contribution in [2.75, 3.05) is 18.5 Å². The summed E-state index contributed by atoms with van der Waals surface area (Å²) in [6, 6.07) is 15.0. The molecule has 0 aliphatic heterocycles. The predicted octanol–water partition coefficient (Wildman–Crippen LogP) is 5.76. The summed E-state index contributed by atoms with van der Waals surface area (Å²) in [7, 11) is -1.07. The minimum absolute atomic E-state index is 0.117. The van der Waals surface area contributed by atoms with Gasteiger partial charge in [0.1, 0.15) is 17.3 Å². The van der Waals surface area contributed by atoms with Crippen molar-refractivity contribution in [1.29, 1.82) is 0 Å². The van der Waals surface area contributed by atoms with Gasteiger partial charge in [-0.2, -0.15) is 0 Å². The maximum absolute atomic E-state index is 13.7. The minimum Gasteiger partial charge on any atom is -0.497 e. The fourth-order valence-electron chi connectivity index (χ4n) is 3.38. The third-order valence-electron chi connectivity index (χ3n) is 4.94. The summed E-state index contributed by atoms with van der Waals surface area (Å²) in [5, 5.41) is -0.267. The molecule has 3 rings (SSSR count). The molecule has 0 saturated heterocycles. The Morgan fingerprint density at radius 2 is 1.74 bits per heavy atom. The van der Waals surface area contributed by atoms with Crippen LogP contribution in [0.5, 0.6) is 11.5 Å². The number of ether oxygens (including phenoxy) is 2. The van der Waals surface area contributed by atoms with Crippen molar-refractivity contribution < 1.29 is 22.3 Å². The highest BCUT2D eigenvalue weighted by Crippen LogP contribution is 2.39. The van der Waals surface area contributed by atoms with Crippen LogP contribution in [0.15, 0.2) is 65.6 Å². The summed E-state index contributed by atoms with van der Waals surface area (Å²) >= 11 is 5.89. The smallest absolute Gasteiger partial charge is 0.264 e. The van der Waals surface area contributed by atoms with Gasteiger partial charge < -0.3 is 9.47 Å². The first-order valence-electron chi connectivity index (χ1n) is 9.47. The van der Waals surface area contributed by atoms with E-state index in [1.807, 2.05) is 13.0 Å². The lowest BCUT2D eigenvalue weighted by Gasteiger charge is -2.32. The SMILES string of the molecule is COc1ccc(OC)c([C@H](C)N(c2cccc(C)c2)S(=O)(=O)c2ccc(F)c(Cl)c2)c1. The first kappa shape index (κ1) is 22.9. The van der Waals surface area contributed by atoms with E-state index < -0.39 is 21.9 Å². The first-order chi connectivity index (χ1) is 14.7. The lowest BCUT2D eigenvalue weighted by Crippen LogP contribution is -2.34. The number of hydrogen-bond acceptors (Lipinski definition) is 4. The molecule has 0 amide bonds. The zero-order valence-corrected chi connectivity index (χ0v) is 19.2. The number of rotatable bonds is 7. The first-order valence-corrected chi connectivity index (χ1v) is 11.3. The van der Waals surface area contributed by atoms with E-state index in [0.29, 0.717) is 22.7 Å². The van der Waals surface area contributed by atoms with Crippen LogP contribution in [0.4, 0.5) is 10.1 Å². The van der Waals surface area contributed by atoms with E-state index >= 15 is 0 Å². The summed E-state index contributed by atoms with van der Waals surface area (Å²) in [4.78, 5) is -0.117. The summed E-state index contributed by atoms with van der Waals surface area (Å²) < 4.78 is 53.3. The predicted molar refractivity (Wildman–Crippen MR) is 120 cm³/mol. The number of aryl methyl sites for hydroxylation is 1. The molecule has 3 aromatic carbocycles. The molecule has 0 unspecified atom stereocenters. The van der Waals surface area contributed by atoms with Gasteiger partial charge in [-0.15, -0.1) is 0 Å². The Morgan fingerprint density at radius 3 is 2.35 bits per heavy atom. The van der Waals surface area contributed by atoms with Crippen LogP contribution < -0.4 is 13.8 Å². The molecule has 164 valence electrons. The molecule has 0 aliphatic carbocycles. The quantitative estimate of drug-likeness (QED) is 0.447. The molecule has 1 atom stereocenters. The van der Waals surface area contributed by atoms with Gasteiger partial charge in [0.05, 0.1) is 35.9 Å². The second kappa shape index (κ2) is 9.16. The summed E-state index contributed by atoms with van der Waals surface area (Å²) in [6.45, 7) is 3.63. The second-order valence-electron chi connectivity index (χ2n) is 7.00. The van der Waals surface area contributed by atoms with Gasteiger partial charge in [0.25, 0.3) is 10.0 Å². The Morgan fingerprint density at radius 1 is 1.00 bits per heavy atom. The van der Waals surface area contributed by atoms with Crippen molar-refractivity contribution in [3.05, 3.63) is 82.6 Å². The molecule has 0 spiro atoms. The topological polar surface area (TPSA) is 55.8 Å². The average molecular weight is 464 g/mol. The van der Waals surface area contributed by atoms with Crippen LogP contribution in [0.3, 0.4) is 0 Å². The number of nitrogens with zero attached hydrogens (tertiary/aromatic N) is 1. The highest BCUT2D eigenvalue weighted by Gasteiger charge is 2.32. The van der Waals surface area contributed by atoms with Crippen LogP contribution in [-0.2, 0) is 10.0 Å². The Hall–Kier alpha value is -2.77. The molecular weight excluding hydrogens is 441 g/mol. The van der Waals surface area contributed by atoms with Crippen molar-refractivity contribution >= 4 is 27.3 Å². The van der Waals surface area contributed by atoms with Crippen molar-refractivity contribution in [2.45, 2.75) is 24.8 Å². The molecule has 0 radical (unpaired) electrons. The maximum Gasteiger partial charge on any atom is 0.264 e. The standard InChI is InChI=1S/C23H23ClFNO4S/c1-15-6-5-7-17(12-15)26(31(27,28)19-9-10-22(25)21(24)14-19)16(2)20-13-18(29-3)8-11-23(20)30-4/h5-14,16H,1-4H3/t16-/m0/s1. The van der Waals surface area contributed by atoms with Crippen LogP contribution in [0.2, 0.25) is 5.02 Å². The van der Waals surface area contributed by atoms with Gasteiger partial charge in [-0.3, -0.25) is 4.31 Å². The summed E-state index contributed by atoms with van der Waals surface area (Å²) in [5.74, 6) is 0.387. The van der Waals surface area contributed by atoms with E-state index in [0.717, 1.165) is 17.7 Å². The Balaban J connectivity index is 2.24.